The highest BCUT2D eigenvalue weighted by atomic mass is 32.2. The van der Waals surface area contributed by atoms with Crippen LogP contribution in [0.2, 0.25) is 0 Å². The molecule has 0 bridgehead atoms. The van der Waals surface area contributed by atoms with Crippen molar-refractivity contribution in [2.75, 3.05) is 32.6 Å². The number of thioether (sulfide) groups is 1. The molecular weight excluding hydrogens is 596 g/mol. The lowest BCUT2D eigenvalue weighted by atomic mass is 9.99. The van der Waals surface area contributed by atoms with E-state index in [1.807, 2.05) is 13.2 Å². The topological polar surface area (TPSA) is 154 Å². The average molecular weight is 649 g/mol. The van der Waals surface area contributed by atoms with E-state index >= 15 is 0 Å². The Morgan fingerprint density at radius 2 is 1.47 bits per heavy atom. The molecule has 1 N–H and O–H groups in total. The van der Waals surface area contributed by atoms with Gasteiger partial charge in [-0.15, -0.1) is 11.8 Å². The minimum absolute atomic E-state index is 0.0115. The number of hydrogen-bond donors (Lipinski definition) is 1. The van der Waals surface area contributed by atoms with Gasteiger partial charge in [-0.2, -0.15) is 5.26 Å². The third kappa shape index (κ3) is 15.3. The van der Waals surface area contributed by atoms with Gasteiger partial charge in [-0.25, -0.2) is 14.6 Å². The molecule has 0 spiro atoms. The number of ether oxygens (including phenoxy) is 2. The molecule has 1 fully saturated rings. The first kappa shape index (κ1) is 41.3. The van der Waals surface area contributed by atoms with E-state index in [1.54, 1.807) is 6.07 Å². The maximum Gasteiger partial charge on any atom is 0.411 e. The highest BCUT2D eigenvalue weighted by Gasteiger charge is 2.37. The number of rotatable bonds is 10. The molecular formula is C32H52N6O6S. The zero-order valence-corrected chi connectivity index (χ0v) is 29.2. The summed E-state index contributed by atoms with van der Waals surface area (Å²) >= 11 is 1.40. The molecule has 2 aliphatic rings. The molecule has 0 saturated carbocycles. The number of nitrogens with one attached hydrogen (secondary N) is 1. The van der Waals surface area contributed by atoms with Crippen molar-refractivity contribution in [2.45, 2.75) is 86.4 Å². The van der Waals surface area contributed by atoms with Crippen LogP contribution in [0, 0.1) is 29.1 Å². The number of nitrogens with zero attached hydrogens (tertiary/aromatic N) is 5. The second-order valence-corrected chi connectivity index (χ2v) is 12.4. The Morgan fingerprint density at radius 3 is 1.89 bits per heavy atom. The van der Waals surface area contributed by atoms with E-state index in [0.717, 1.165) is 6.42 Å². The fourth-order valence-corrected chi connectivity index (χ4v) is 4.83. The van der Waals surface area contributed by atoms with Crippen LogP contribution >= 0.6 is 11.8 Å². The third-order valence-electron chi connectivity index (χ3n) is 6.50. The number of amidine groups is 1. The summed E-state index contributed by atoms with van der Waals surface area (Å²) < 4.78 is 10.2. The molecule has 12 nitrogen and oxygen atoms in total. The van der Waals surface area contributed by atoms with E-state index in [-0.39, 0.29) is 56.2 Å². The van der Waals surface area contributed by atoms with Crippen LogP contribution in [0.15, 0.2) is 35.3 Å². The van der Waals surface area contributed by atoms with Gasteiger partial charge in [0.25, 0.3) is 5.91 Å². The van der Waals surface area contributed by atoms with Gasteiger partial charge in [-0.05, 0) is 43.8 Å². The van der Waals surface area contributed by atoms with Crippen LogP contribution in [0.3, 0.4) is 0 Å². The second-order valence-electron chi connectivity index (χ2n) is 11.6. The van der Waals surface area contributed by atoms with Crippen molar-refractivity contribution < 1.29 is 28.7 Å². The summed E-state index contributed by atoms with van der Waals surface area (Å²) in [4.78, 5) is 59.4. The van der Waals surface area contributed by atoms with Crippen molar-refractivity contribution in [3.63, 3.8) is 0 Å². The first-order valence-corrected chi connectivity index (χ1v) is 16.3. The molecule has 3 atom stereocenters. The van der Waals surface area contributed by atoms with Crippen LogP contribution in [-0.4, -0.2) is 95.4 Å². The molecule has 252 valence electrons. The van der Waals surface area contributed by atoms with Gasteiger partial charge in [0.2, 0.25) is 5.91 Å². The number of hydrogen-bond acceptors (Lipinski definition) is 9. The third-order valence-corrected chi connectivity index (χ3v) is 7.28. The molecule has 2 heterocycles. The summed E-state index contributed by atoms with van der Waals surface area (Å²) in [7, 11) is 0. The molecule has 45 heavy (non-hydrogen) atoms. The quantitative estimate of drug-likeness (QED) is 0.307. The molecule has 2 aliphatic heterocycles. The monoisotopic (exact) mass is 648 g/mol. The average Bonchev–Trinajstić information content (AvgIpc) is 2.96. The van der Waals surface area contributed by atoms with E-state index in [9.17, 15) is 19.2 Å². The predicted molar refractivity (Wildman–Crippen MR) is 180 cm³/mol. The first-order chi connectivity index (χ1) is 21.2. The Balaban J connectivity index is 0.000000802. The molecule has 0 aromatic carbocycles. The molecule has 1 saturated heterocycles. The number of carbonyl (C=O) groups is 4. The summed E-state index contributed by atoms with van der Waals surface area (Å²) in [6.45, 7) is 23.2. The van der Waals surface area contributed by atoms with Gasteiger partial charge >= 0.3 is 12.2 Å². The zero-order chi connectivity index (χ0) is 34.7. The molecule has 1 unspecified atom stereocenters. The minimum atomic E-state index is -0.504. The van der Waals surface area contributed by atoms with Gasteiger partial charge in [-0.3, -0.25) is 24.4 Å². The van der Waals surface area contributed by atoms with Gasteiger partial charge in [0, 0.05) is 6.92 Å². The van der Waals surface area contributed by atoms with E-state index in [1.165, 1.54) is 40.6 Å². The van der Waals surface area contributed by atoms with Gasteiger partial charge in [0.15, 0.2) is 0 Å². The van der Waals surface area contributed by atoms with Gasteiger partial charge < -0.3 is 14.8 Å². The minimum Gasteiger partial charge on any atom is -0.445 e. The predicted octanol–water partition coefficient (Wildman–Crippen LogP) is 5.46. The van der Waals surface area contributed by atoms with Gasteiger partial charge in [0.1, 0.15) is 32.1 Å². The van der Waals surface area contributed by atoms with Crippen molar-refractivity contribution in [1.82, 2.24) is 15.1 Å². The zero-order valence-electron chi connectivity index (χ0n) is 28.4. The van der Waals surface area contributed by atoms with Crippen molar-refractivity contribution in [3.8, 4) is 6.07 Å². The van der Waals surface area contributed by atoms with Crippen LogP contribution in [0.5, 0.6) is 0 Å². The molecule has 13 heteroatoms. The number of aliphatic imine (C=N–C) groups is 2. The van der Waals surface area contributed by atoms with Crippen molar-refractivity contribution in [1.29, 1.82) is 5.26 Å². The summed E-state index contributed by atoms with van der Waals surface area (Å²) in [6.07, 6.45) is 5.36. The molecule has 0 aliphatic carbocycles. The van der Waals surface area contributed by atoms with E-state index in [0.29, 0.717) is 35.1 Å². The van der Waals surface area contributed by atoms with Gasteiger partial charge in [-0.1, -0.05) is 66.9 Å². The Morgan fingerprint density at radius 1 is 1.00 bits per heavy atom. The summed E-state index contributed by atoms with van der Waals surface area (Å²) in [5.74, 6) is 1.11. The SMILES string of the molecule is C=CCOC(=O)N1CC(=O)N=C(SC)[C@@H]1CC(C)C.C=CCOC(=O)N1CC(=O)NC(=N[C@H](C)C(C)C)C1CC(C)C.CC#N. The lowest BCUT2D eigenvalue weighted by molar-refractivity contribution is -0.122. The smallest absolute Gasteiger partial charge is 0.411 e. The second kappa shape index (κ2) is 21.9. The number of nitriles is 1. The molecule has 0 aromatic heterocycles. The molecule has 0 aromatic rings. The standard InChI is InChI=1S/C17H29N3O3.C13H20N2O3S.C2H3N/c1-7-8-23-17(22)20-10-15(21)19-16(14(20)9-11(2)3)18-13(6)12(4)5;1-5-6-18-13(17)15-8-11(16)14-12(19-4)10(15)7-9(2)3;1-2-3/h7,11-14H,1,8-10H2,2-6H3,(H,18,19,21);5,9-10H,1,6-8H2,2-4H3;1H3/t13-,14?;10-;/m10./s1. The van der Waals surface area contributed by atoms with E-state index in [4.69, 9.17) is 14.7 Å². The fraction of sp³-hybridized carbons (Fsp3) is 0.656. The molecule has 4 amide bonds. The molecule has 2 rings (SSSR count). The first-order valence-electron chi connectivity index (χ1n) is 15.1. The van der Waals surface area contributed by atoms with Crippen LogP contribution < -0.4 is 5.32 Å². The van der Waals surface area contributed by atoms with Crippen LogP contribution in [-0.2, 0) is 19.1 Å². The summed E-state index contributed by atoms with van der Waals surface area (Å²) in [6, 6.07) is 1.36. The van der Waals surface area contributed by atoms with Gasteiger partial charge in [0.05, 0.1) is 29.2 Å². The number of carbonyl (C=O) groups excluding carboxylic acids is 4. The lowest BCUT2D eigenvalue weighted by Gasteiger charge is -2.37. The maximum atomic E-state index is 12.3. The van der Waals surface area contributed by atoms with Crippen molar-refractivity contribution >= 4 is 46.6 Å². The van der Waals surface area contributed by atoms with Crippen molar-refractivity contribution in [3.05, 3.63) is 25.3 Å². The highest BCUT2D eigenvalue weighted by Crippen LogP contribution is 2.23. The number of amides is 4. The van der Waals surface area contributed by atoms with E-state index in [2.05, 4.69) is 70.0 Å². The summed E-state index contributed by atoms with van der Waals surface area (Å²) in [5.41, 5.74) is 0. The van der Waals surface area contributed by atoms with Crippen LogP contribution in [0.25, 0.3) is 0 Å². The number of piperazine rings is 1. The largest absolute Gasteiger partial charge is 0.445 e. The fourth-order valence-electron chi connectivity index (χ4n) is 4.14. The normalized spacial score (nSPS) is 19.4. The van der Waals surface area contributed by atoms with Crippen LogP contribution in [0.4, 0.5) is 9.59 Å². The Hall–Kier alpha value is -3.66. The Kier molecular flexibility index (Phi) is 20.2. The lowest BCUT2D eigenvalue weighted by Crippen LogP contribution is -2.60. The molecule has 0 radical (unpaired) electrons. The van der Waals surface area contributed by atoms with E-state index < -0.39 is 12.2 Å². The van der Waals surface area contributed by atoms with Crippen molar-refractivity contribution in [2.24, 2.45) is 27.7 Å². The Bertz CT molecular complexity index is 1110. The summed E-state index contributed by atoms with van der Waals surface area (Å²) in [5, 5.41) is 10.8. The highest BCUT2D eigenvalue weighted by molar-refractivity contribution is 8.13. The van der Waals surface area contributed by atoms with Crippen LogP contribution in [0.1, 0.15) is 68.2 Å². The Labute approximate surface area is 273 Å². The maximum absolute atomic E-state index is 12.3.